The van der Waals surface area contributed by atoms with Gasteiger partial charge >= 0.3 is 0 Å². The van der Waals surface area contributed by atoms with Crippen molar-refractivity contribution in [1.29, 1.82) is 0 Å². The molecule has 1 saturated heterocycles. The number of nitrogens with zero attached hydrogens (tertiary/aromatic N) is 2. The van der Waals surface area contributed by atoms with Gasteiger partial charge in [-0.15, -0.1) is 0 Å². The van der Waals surface area contributed by atoms with Crippen LogP contribution < -0.4 is 10.2 Å². The van der Waals surface area contributed by atoms with Crippen molar-refractivity contribution < 1.29 is 4.79 Å². The highest BCUT2D eigenvalue weighted by molar-refractivity contribution is 6.05. The molecule has 0 atom stereocenters. The maximum atomic E-state index is 11.9. The second kappa shape index (κ2) is 6.13. The van der Waals surface area contributed by atoms with Gasteiger partial charge in [0.1, 0.15) is 5.82 Å². The summed E-state index contributed by atoms with van der Waals surface area (Å²) in [4.78, 5) is 14.2. The molecule has 2 aromatic carbocycles. The van der Waals surface area contributed by atoms with Crippen LogP contribution in [0, 0.1) is 6.92 Å². The third-order valence-corrected chi connectivity index (χ3v) is 4.71. The smallest absolute Gasteiger partial charge is 0.154 e. The summed E-state index contributed by atoms with van der Waals surface area (Å²) in [7, 11) is 0. The number of aryl methyl sites for hydroxylation is 1. The average Bonchev–Trinajstić information content (AvgIpc) is 2.97. The zero-order chi connectivity index (χ0) is 16.5. The molecule has 4 rings (SSSR count). The third kappa shape index (κ3) is 2.39. The number of anilines is 1. The van der Waals surface area contributed by atoms with Crippen LogP contribution in [0.3, 0.4) is 0 Å². The van der Waals surface area contributed by atoms with Crippen LogP contribution in [0.4, 0.5) is 5.82 Å². The van der Waals surface area contributed by atoms with Gasteiger partial charge in [0, 0.05) is 37.3 Å². The molecule has 1 N–H and O–H groups in total. The Morgan fingerprint density at radius 2 is 1.71 bits per heavy atom. The fraction of sp³-hybridized carbons (Fsp3) is 0.250. The molecule has 1 aromatic heterocycles. The molecule has 4 nitrogen and oxygen atoms in total. The fourth-order valence-electron chi connectivity index (χ4n) is 3.51. The number of carbonyl (C=O) groups excluding carboxylic acids is 1. The molecule has 1 aliphatic rings. The van der Waals surface area contributed by atoms with E-state index >= 15 is 0 Å². The number of rotatable bonds is 3. The molecule has 2 heterocycles. The lowest BCUT2D eigenvalue weighted by atomic mass is 10.2. The highest BCUT2D eigenvalue weighted by Crippen LogP contribution is 2.35. The van der Waals surface area contributed by atoms with Crippen molar-refractivity contribution in [2.75, 3.05) is 31.1 Å². The zero-order valence-corrected chi connectivity index (χ0v) is 13.8. The Kier molecular flexibility index (Phi) is 3.82. The minimum atomic E-state index is 0.785. The molecule has 0 bridgehead atoms. The molecule has 0 spiro atoms. The van der Waals surface area contributed by atoms with E-state index in [4.69, 9.17) is 0 Å². The van der Waals surface area contributed by atoms with Crippen LogP contribution in [-0.2, 0) is 0 Å². The van der Waals surface area contributed by atoms with Crippen molar-refractivity contribution in [3.63, 3.8) is 0 Å². The summed E-state index contributed by atoms with van der Waals surface area (Å²) in [5.41, 5.74) is 4.19. The number of para-hydroxylation sites is 1. The summed E-state index contributed by atoms with van der Waals surface area (Å²) in [6.07, 6.45) is 1.00. The van der Waals surface area contributed by atoms with E-state index in [2.05, 4.69) is 52.0 Å². The Balaban J connectivity index is 2.01. The first kappa shape index (κ1) is 15.0. The van der Waals surface area contributed by atoms with Crippen molar-refractivity contribution in [2.24, 2.45) is 0 Å². The molecule has 4 heteroatoms. The van der Waals surface area contributed by atoms with E-state index in [9.17, 15) is 4.79 Å². The van der Waals surface area contributed by atoms with Crippen molar-refractivity contribution >= 4 is 23.0 Å². The minimum Gasteiger partial charge on any atom is -0.355 e. The van der Waals surface area contributed by atoms with Crippen LogP contribution in [0.2, 0.25) is 0 Å². The fourth-order valence-corrected chi connectivity index (χ4v) is 3.51. The second-order valence-corrected chi connectivity index (χ2v) is 6.28. The van der Waals surface area contributed by atoms with Crippen molar-refractivity contribution in [1.82, 2.24) is 9.88 Å². The van der Waals surface area contributed by atoms with Crippen LogP contribution in [0.1, 0.15) is 15.9 Å². The summed E-state index contributed by atoms with van der Waals surface area (Å²) < 4.78 is 2.23. The SMILES string of the molecule is Cc1ccc(-n2c(N3CCNCC3)c(C=O)c3ccccc32)cc1. The molecular formula is C20H21N3O. The number of piperazine rings is 1. The lowest BCUT2D eigenvalue weighted by Crippen LogP contribution is -2.44. The van der Waals surface area contributed by atoms with Gasteiger partial charge in [-0.2, -0.15) is 0 Å². The van der Waals surface area contributed by atoms with E-state index in [1.165, 1.54) is 5.56 Å². The highest BCUT2D eigenvalue weighted by atomic mass is 16.1. The average molecular weight is 319 g/mol. The molecule has 0 amide bonds. The third-order valence-electron chi connectivity index (χ3n) is 4.71. The van der Waals surface area contributed by atoms with Crippen LogP contribution in [-0.4, -0.2) is 37.0 Å². The first-order valence-electron chi connectivity index (χ1n) is 8.41. The minimum absolute atomic E-state index is 0.785. The number of fused-ring (bicyclic) bond motifs is 1. The number of carbonyl (C=O) groups is 1. The second-order valence-electron chi connectivity index (χ2n) is 6.28. The Hall–Kier alpha value is -2.59. The van der Waals surface area contributed by atoms with Crippen LogP contribution in [0.15, 0.2) is 48.5 Å². The number of hydrogen-bond acceptors (Lipinski definition) is 3. The predicted molar refractivity (Wildman–Crippen MR) is 98.5 cm³/mol. The Bertz CT molecular complexity index is 874. The topological polar surface area (TPSA) is 37.3 Å². The number of hydrogen-bond donors (Lipinski definition) is 1. The maximum Gasteiger partial charge on any atom is 0.154 e. The van der Waals surface area contributed by atoms with Gasteiger partial charge in [-0.25, -0.2) is 0 Å². The largest absolute Gasteiger partial charge is 0.355 e. The molecule has 0 saturated carbocycles. The molecule has 1 fully saturated rings. The number of benzene rings is 2. The summed E-state index contributed by atoms with van der Waals surface area (Å²) in [6, 6.07) is 16.6. The Morgan fingerprint density at radius 1 is 1.00 bits per heavy atom. The van der Waals surface area contributed by atoms with Crippen molar-refractivity contribution in [3.05, 3.63) is 59.7 Å². The summed E-state index contributed by atoms with van der Waals surface area (Å²) in [5, 5.41) is 4.40. The Morgan fingerprint density at radius 3 is 2.42 bits per heavy atom. The van der Waals surface area contributed by atoms with Gasteiger partial charge in [-0.3, -0.25) is 9.36 Å². The molecular weight excluding hydrogens is 298 g/mol. The standard InChI is InChI=1S/C20H21N3O/c1-15-6-8-16(9-7-15)23-19-5-3-2-4-17(19)18(14-24)20(23)22-12-10-21-11-13-22/h2-9,14,21H,10-13H2,1H3. The first-order chi connectivity index (χ1) is 11.8. The molecule has 1 aliphatic heterocycles. The van der Waals surface area contributed by atoms with Gasteiger partial charge in [0.2, 0.25) is 0 Å². The van der Waals surface area contributed by atoms with Crippen LogP contribution in [0.25, 0.3) is 16.6 Å². The van der Waals surface area contributed by atoms with E-state index in [0.29, 0.717) is 0 Å². The van der Waals surface area contributed by atoms with E-state index < -0.39 is 0 Å². The van der Waals surface area contributed by atoms with Crippen molar-refractivity contribution in [2.45, 2.75) is 6.92 Å². The summed E-state index contributed by atoms with van der Waals surface area (Å²) >= 11 is 0. The lowest BCUT2D eigenvalue weighted by molar-refractivity contribution is 0.112. The monoisotopic (exact) mass is 319 g/mol. The molecule has 122 valence electrons. The maximum absolute atomic E-state index is 11.9. The molecule has 0 unspecified atom stereocenters. The molecule has 24 heavy (non-hydrogen) atoms. The van der Waals surface area contributed by atoms with Crippen LogP contribution >= 0.6 is 0 Å². The van der Waals surface area contributed by atoms with Crippen molar-refractivity contribution in [3.8, 4) is 5.69 Å². The van der Waals surface area contributed by atoms with Gasteiger partial charge in [0.25, 0.3) is 0 Å². The number of aromatic nitrogens is 1. The van der Waals surface area contributed by atoms with E-state index in [1.807, 2.05) is 18.2 Å². The van der Waals surface area contributed by atoms with E-state index in [0.717, 1.165) is 60.4 Å². The molecule has 0 radical (unpaired) electrons. The van der Waals surface area contributed by atoms with E-state index in [1.54, 1.807) is 0 Å². The van der Waals surface area contributed by atoms with Gasteiger partial charge in [0.05, 0.1) is 11.1 Å². The lowest BCUT2D eigenvalue weighted by Gasteiger charge is -2.31. The van der Waals surface area contributed by atoms with E-state index in [-0.39, 0.29) is 0 Å². The number of nitrogens with one attached hydrogen (secondary N) is 1. The van der Waals surface area contributed by atoms with Crippen LogP contribution in [0.5, 0.6) is 0 Å². The quantitative estimate of drug-likeness (QED) is 0.754. The molecule has 3 aromatic rings. The van der Waals surface area contributed by atoms with Gasteiger partial charge < -0.3 is 10.2 Å². The summed E-state index contributed by atoms with van der Waals surface area (Å²) in [6.45, 7) is 5.78. The first-order valence-corrected chi connectivity index (χ1v) is 8.41. The highest BCUT2D eigenvalue weighted by Gasteiger charge is 2.23. The van der Waals surface area contributed by atoms with Gasteiger partial charge in [-0.1, -0.05) is 35.9 Å². The van der Waals surface area contributed by atoms with Gasteiger partial charge in [0.15, 0.2) is 6.29 Å². The number of aldehydes is 1. The Labute approximate surface area is 141 Å². The normalized spacial score (nSPS) is 15.0. The van der Waals surface area contributed by atoms with Gasteiger partial charge in [-0.05, 0) is 25.1 Å². The zero-order valence-electron chi connectivity index (χ0n) is 13.8. The predicted octanol–water partition coefficient (Wildman–Crippen LogP) is 3.16. The summed E-state index contributed by atoms with van der Waals surface area (Å²) in [5.74, 6) is 1.01. The molecule has 0 aliphatic carbocycles.